The molecule has 17 heavy (non-hydrogen) atoms. The molecular weight excluding hydrogens is 327 g/mol. The Morgan fingerprint density at radius 3 is 2.53 bits per heavy atom. The molecule has 0 aliphatic carbocycles. The summed E-state index contributed by atoms with van der Waals surface area (Å²) in [7, 11) is 1.89. The van der Waals surface area contributed by atoms with E-state index in [9.17, 15) is 5.11 Å². The van der Waals surface area contributed by atoms with Gasteiger partial charge >= 0.3 is 0 Å². The number of aliphatic hydroxyl groups excluding tert-OH is 1. The second kappa shape index (κ2) is 5.18. The molecule has 1 atom stereocenters. The van der Waals surface area contributed by atoms with Crippen LogP contribution in [0.15, 0.2) is 30.5 Å². The predicted molar refractivity (Wildman–Crippen MR) is 75.8 cm³/mol. The van der Waals surface area contributed by atoms with E-state index in [0.29, 0.717) is 6.42 Å². The number of halogens is 1. The molecule has 1 aromatic carbocycles. The molecule has 0 saturated heterocycles. The maximum absolute atomic E-state index is 10.2. The highest BCUT2D eigenvalue weighted by molar-refractivity contribution is 14.1. The van der Waals surface area contributed by atoms with Crippen molar-refractivity contribution >= 4 is 22.6 Å². The van der Waals surface area contributed by atoms with E-state index in [2.05, 4.69) is 52.0 Å². The van der Waals surface area contributed by atoms with E-state index in [-0.39, 0.29) is 0 Å². The van der Waals surface area contributed by atoms with Gasteiger partial charge in [0.2, 0.25) is 0 Å². The van der Waals surface area contributed by atoms with Gasteiger partial charge in [0.1, 0.15) is 0 Å². The van der Waals surface area contributed by atoms with Crippen LogP contribution in [0.1, 0.15) is 22.9 Å². The fraction of sp³-hybridized carbons (Fsp3) is 0.308. The lowest BCUT2D eigenvalue weighted by atomic mass is 10.0. The van der Waals surface area contributed by atoms with Crippen molar-refractivity contribution in [2.24, 2.45) is 7.05 Å². The van der Waals surface area contributed by atoms with Crippen LogP contribution in [-0.2, 0) is 13.5 Å². The molecule has 4 heteroatoms. The third-order valence-corrected chi connectivity index (χ3v) is 3.69. The van der Waals surface area contributed by atoms with Crippen LogP contribution in [-0.4, -0.2) is 14.9 Å². The Morgan fingerprint density at radius 2 is 2.00 bits per heavy atom. The van der Waals surface area contributed by atoms with Gasteiger partial charge in [-0.2, -0.15) is 5.10 Å². The Kier molecular flexibility index (Phi) is 3.83. The number of nitrogens with zero attached hydrogens (tertiary/aromatic N) is 2. The molecule has 0 aliphatic rings. The molecule has 0 spiro atoms. The summed E-state index contributed by atoms with van der Waals surface area (Å²) in [6.07, 6.45) is 1.89. The van der Waals surface area contributed by atoms with Crippen LogP contribution in [0.4, 0.5) is 0 Å². The van der Waals surface area contributed by atoms with Gasteiger partial charge in [0.25, 0.3) is 0 Å². The van der Waals surface area contributed by atoms with E-state index >= 15 is 0 Å². The zero-order valence-corrected chi connectivity index (χ0v) is 12.0. The lowest BCUT2D eigenvalue weighted by Gasteiger charge is -2.10. The smallest absolute Gasteiger partial charge is 0.0863 e. The molecule has 2 aromatic rings. The van der Waals surface area contributed by atoms with Gasteiger partial charge in [0.15, 0.2) is 0 Å². The Balaban J connectivity index is 2.14. The van der Waals surface area contributed by atoms with Crippen LogP contribution in [0.25, 0.3) is 0 Å². The van der Waals surface area contributed by atoms with Gasteiger partial charge in [-0.3, -0.25) is 4.68 Å². The van der Waals surface area contributed by atoms with Gasteiger partial charge in [-0.1, -0.05) is 12.1 Å². The van der Waals surface area contributed by atoms with E-state index in [1.807, 2.05) is 14.0 Å². The number of aromatic nitrogens is 2. The van der Waals surface area contributed by atoms with Crippen molar-refractivity contribution < 1.29 is 5.11 Å². The number of aliphatic hydroxyl groups is 1. The summed E-state index contributed by atoms with van der Waals surface area (Å²) in [6.45, 7) is 1.97. The summed E-state index contributed by atoms with van der Waals surface area (Å²) < 4.78 is 2.99. The van der Waals surface area contributed by atoms with Gasteiger partial charge in [0.05, 0.1) is 12.3 Å². The fourth-order valence-corrected chi connectivity index (χ4v) is 2.16. The second-order valence-electron chi connectivity index (χ2n) is 4.16. The van der Waals surface area contributed by atoms with Crippen molar-refractivity contribution in [2.75, 3.05) is 0 Å². The largest absolute Gasteiger partial charge is 0.388 e. The SMILES string of the molecule is Cc1c(C(O)Cc2ccc(I)cc2)cnn1C. The zero-order valence-electron chi connectivity index (χ0n) is 9.89. The van der Waals surface area contributed by atoms with Crippen molar-refractivity contribution in [3.05, 3.63) is 50.9 Å². The van der Waals surface area contributed by atoms with Crippen LogP contribution in [0, 0.1) is 10.5 Å². The highest BCUT2D eigenvalue weighted by Gasteiger charge is 2.14. The van der Waals surface area contributed by atoms with Crippen LogP contribution in [0.5, 0.6) is 0 Å². The molecule has 0 amide bonds. The average Bonchev–Trinajstić information content (AvgIpc) is 2.63. The van der Waals surface area contributed by atoms with E-state index in [1.54, 1.807) is 10.9 Å². The molecule has 0 radical (unpaired) electrons. The zero-order chi connectivity index (χ0) is 12.4. The normalized spacial score (nSPS) is 12.7. The second-order valence-corrected chi connectivity index (χ2v) is 5.40. The molecule has 1 aromatic heterocycles. The summed E-state index contributed by atoms with van der Waals surface area (Å²) in [6, 6.07) is 8.21. The summed E-state index contributed by atoms with van der Waals surface area (Å²) in [5.41, 5.74) is 3.07. The van der Waals surface area contributed by atoms with Gasteiger partial charge in [-0.25, -0.2) is 0 Å². The van der Waals surface area contributed by atoms with Crippen molar-refractivity contribution in [1.82, 2.24) is 9.78 Å². The third-order valence-electron chi connectivity index (χ3n) is 2.97. The van der Waals surface area contributed by atoms with E-state index in [1.165, 1.54) is 3.57 Å². The lowest BCUT2D eigenvalue weighted by molar-refractivity contribution is 0.177. The first kappa shape index (κ1) is 12.6. The van der Waals surface area contributed by atoms with Crippen molar-refractivity contribution in [2.45, 2.75) is 19.4 Å². The Labute approximate surface area is 115 Å². The highest BCUT2D eigenvalue weighted by Crippen LogP contribution is 2.21. The number of aryl methyl sites for hydroxylation is 1. The molecule has 90 valence electrons. The summed E-state index contributed by atoms with van der Waals surface area (Å²) >= 11 is 2.27. The molecule has 0 aliphatic heterocycles. The van der Waals surface area contributed by atoms with Crippen molar-refractivity contribution in [1.29, 1.82) is 0 Å². The number of benzene rings is 1. The summed E-state index contributed by atoms with van der Waals surface area (Å²) in [5, 5.41) is 14.3. The van der Waals surface area contributed by atoms with Gasteiger partial charge < -0.3 is 5.11 Å². The number of hydrogen-bond acceptors (Lipinski definition) is 2. The topological polar surface area (TPSA) is 38.1 Å². The van der Waals surface area contributed by atoms with Crippen LogP contribution < -0.4 is 0 Å². The Bertz CT molecular complexity index is 505. The molecule has 1 unspecified atom stereocenters. The summed E-state index contributed by atoms with van der Waals surface area (Å²) in [5.74, 6) is 0. The molecule has 1 N–H and O–H groups in total. The molecule has 0 saturated carbocycles. The van der Waals surface area contributed by atoms with Gasteiger partial charge in [-0.05, 0) is 47.2 Å². The summed E-state index contributed by atoms with van der Waals surface area (Å²) in [4.78, 5) is 0. The van der Waals surface area contributed by atoms with E-state index < -0.39 is 6.10 Å². The minimum Gasteiger partial charge on any atom is -0.388 e. The van der Waals surface area contributed by atoms with E-state index in [0.717, 1.165) is 16.8 Å². The Morgan fingerprint density at radius 1 is 1.35 bits per heavy atom. The quantitative estimate of drug-likeness (QED) is 0.871. The number of rotatable bonds is 3. The molecule has 1 heterocycles. The van der Waals surface area contributed by atoms with Crippen molar-refractivity contribution in [3.8, 4) is 0 Å². The van der Waals surface area contributed by atoms with Crippen LogP contribution in [0.3, 0.4) is 0 Å². The first-order valence-electron chi connectivity index (χ1n) is 5.49. The molecule has 2 rings (SSSR count). The lowest BCUT2D eigenvalue weighted by Crippen LogP contribution is -2.03. The number of hydrogen-bond donors (Lipinski definition) is 1. The fourth-order valence-electron chi connectivity index (χ4n) is 1.80. The monoisotopic (exact) mass is 342 g/mol. The molecule has 0 fully saturated rings. The predicted octanol–water partition coefficient (Wildman–Crippen LogP) is 2.61. The molecule has 3 nitrogen and oxygen atoms in total. The third kappa shape index (κ3) is 2.87. The highest BCUT2D eigenvalue weighted by atomic mass is 127. The first-order valence-corrected chi connectivity index (χ1v) is 6.57. The van der Waals surface area contributed by atoms with Crippen LogP contribution in [0.2, 0.25) is 0 Å². The molecule has 0 bridgehead atoms. The maximum Gasteiger partial charge on any atom is 0.0863 e. The minimum atomic E-state index is -0.483. The first-order chi connectivity index (χ1) is 8.08. The minimum absolute atomic E-state index is 0.483. The van der Waals surface area contributed by atoms with Crippen molar-refractivity contribution in [3.63, 3.8) is 0 Å². The maximum atomic E-state index is 10.2. The Hall–Kier alpha value is -0.880. The van der Waals surface area contributed by atoms with E-state index in [4.69, 9.17) is 0 Å². The molecular formula is C13H15IN2O. The average molecular weight is 342 g/mol. The van der Waals surface area contributed by atoms with Gasteiger partial charge in [-0.15, -0.1) is 0 Å². The standard InChI is InChI=1S/C13H15IN2O/c1-9-12(8-15-16(9)2)13(17)7-10-3-5-11(14)6-4-10/h3-6,8,13,17H,7H2,1-2H3. The van der Waals surface area contributed by atoms with Crippen LogP contribution >= 0.6 is 22.6 Å². The van der Waals surface area contributed by atoms with Gasteiger partial charge in [0, 0.05) is 28.3 Å².